The first-order chi connectivity index (χ1) is 14.1. The first-order valence-corrected chi connectivity index (χ1v) is 10.5. The van der Waals surface area contributed by atoms with E-state index in [1.807, 2.05) is 35.7 Å². The molecule has 0 bridgehead atoms. The summed E-state index contributed by atoms with van der Waals surface area (Å²) in [6.45, 7) is 5.24. The summed E-state index contributed by atoms with van der Waals surface area (Å²) in [6, 6.07) is 9.58. The van der Waals surface area contributed by atoms with Crippen LogP contribution in [0.4, 0.5) is 0 Å². The predicted octanol–water partition coefficient (Wildman–Crippen LogP) is 4.02. The third-order valence-electron chi connectivity index (χ3n) is 4.68. The van der Waals surface area contributed by atoms with Crippen molar-refractivity contribution >= 4 is 17.2 Å². The molecule has 1 aliphatic heterocycles. The summed E-state index contributed by atoms with van der Waals surface area (Å²) in [5.74, 6) is 2.65. The lowest BCUT2D eigenvalue weighted by atomic mass is 9.95. The van der Waals surface area contributed by atoms with E-state index < -0.39 is 0 Å². The van der Waals surface area contributed by atoms with Crippen LogP contribution in [0.1, 0.15) is 37.8 Å². The van der Waals surface area contributed by atoms with Gasteiger partial charge in [0.25, 0.3) is 0 Å². The normalized spacial score (nSPS) is 14.0. The third-order valence-corrected chi connectivity index (χ3v) is 5.55. The number of fused-ring (bicyclic) bond motifs is 1. The van der Waals surface area contributed by atoms with Gasteiger partial charge in [0.1, 0.15) is 13.2 Å². The molecule has 1 aromatic carbocycles. The van der Waals surface area contributed by atoms with E-state index in [1.165, 1.54) is 0 Å². The summed E-state index contributed by atoms with van der Waals surface area (Å²) >= 11 is 1.55. The van der Waals surface area contributed by atoms with Gasteiger partial charge in [-0.15, -0.1) is 11.3 Å². The molecule has 3 heterocycles. The topological polar surface area (TPSA) is 86.5 Å². The summed E-state index contributed by atoms with van der Waals surface area (Å²) < 4.78 is 16.5. The summed E-state index contributed by atoms with van der Waals surface area (Å²) in [5.41, 5.74) is 0.996. The van der Waals surface area contributed by atoms with Crippen LogP contribution in [0.15, 0.2) is 40.2 Å². The van der Waals surface area contributed by atoms with Crippen molar-refractivity contribution in [3.8, 4) is 22.2 Å². The summed E-state index contributed by atoms with van der Waals surface area (Å²) in [4.78, 5) is 17.9. The fraction of sp³-hybridized carbons (Fsp3) is 0.381. The van der Waals surface area contributed by atoms with E-state index in [-0.39, 0.29) is 24.3 Å². The first kappa shape index (κ1) is 19.4. The fourth-order valence-corrected chi connectivity index (χ4v) is 3.87. The van der Waals surface area contributed by atoms with Crippen LogP contribution in [-0.4, -0.2) is 29.3 Å². The predicted molar refractivity (Wildman–Crippen MR) is 109 cm³/mol. The molecule has 0 aliphatic carbocycles. The number of rotatable bonds is 7. The Morgan fingerprint density at radius 2 is 2.03 bits per heavy atom. The molecule has 152 valence electrons. The van der Waals surface area contributed by atoms with Gasteiger partial charge in [0.2, 0.25) is 17.6 Å². The number of hydrogen-bond acceptors (Lipinski definition) is 7. The first-order valence-electron chi connectivity index (χ1n) is 9.65. The lowest BCUT2D eigenvalue weighted by molar-refractivity contribution is -0.122. The van der Waals surface area contributed by atoms with Gasteiger partial charge in [-0.1, -0.05) is 31.1 Å². The van der Waals surface area contributed by atoms with Gasteiger partial charge in [0.15, 0.2) is 11.5 Å². The largest absolute Gasteiger partial charge is 0.486 e. The molecule has 0 spiro atoms. The van der Waals surface area contributed by atoms with E-state index in [0.29, 0.717) is 31.3 Å². The summed E-state index contributed by atoms with van der Waals surface area (Å²) in [7, 11) is 0. The van der Waals surface area contributed by atoms with Crippen molar-refractivity contribution in [2.75, 3.05) is 13.2 Å². The van der Waals surface area contributed by atoms with Crippen LogP contribution in [0, 0.1) is 5.92 Å². The second-order valence-corrected chi connectivity index (χ2v) is 8.13. The lowest BCUT2D eigenvalue weighted by Gasteiger charge is -2.25. The molecule has 1 unspecified atom stereocenters. The van der Waals surface area contributed by atoms with Crippen LogP contribution >= 0.6 is 11.3 Å². The summed E-state index contributed by atoms with van der Waals surface area (Å²) in [6.07, 6.45) is 0.677. The Labute approximate surface area is 173 Å². The molecule has 8 heteroatoms. The molecule has 0 radical (unpaired) electrons. The highest BCUT2D eigenvalue weighted by Gasteiger charge is 2.22. The van der Waals surface area contributed by atoms with Crippen molar-refractivity contribution < 1.29 is 18.8 Å². The standard InChI is InChI=1S/C21H23N3O4S/c1-13(2)20(14-5-6-15-16(12-14)27-10-9-26-15)22-18(25)7-8-19-23-21(24-28-19)17-4-3-11-29-17/h3-6,11-13,20H,7-10H2,1-2H3,(H,22,25). The van der Waals surface area contributed by atoms with Crippen molar-refractivity contribution in [3.63, 3.8) is 0 Å². The van der Waals surface area contributed by atoms with E-state index in [4.69, 9.17) is 14.0 Å². The van der Waals surface area contributed by atoms with E-state index in [0.717, 1.165) is 21.9 Å². The molecule has 0 saturated heterocycles. The minimum atomic E-state index is -0.123. The molecule has 1 atom stereocenters. The smallest absolute Gasteiger partial charge is 0.227 e. The Hall–Kier alpha value is -2.87. The van der Waals surface area contributed by atoms with E-state index in [1.54, 1.807) is 11.3 Å². The van der Waals surface area contributed by atoms with E-state index >= 15 is 0 Å². The molecule has 2 aromatic heterocycles. The molecule has 0 fully saturated rings. The zero-order chi connectivity index (χ0) is 20.2. The van der Waals surface area contributed by atoms with Gasteiger partial charge < -0.3 is 19.3 Å². The number of ether oxygens (including phenoxy) is 2. The third kappa shape index (κ3) is 4.59. The number of aromatic nitrogens is 2. The van der Waals surface area contributed by atoms with Crippen molar-refractivity contribution in [2.24, 2.45) is 5.92 Å². The molecule has 3 aromatic rings. The summed E-state index contributed by atoms with van der Waals surface area (Å²) in [5, 5.41) is 9.06. The Bertz CT molecular complexity index is 968. The number of amides is 1. The molecule has 1 amide bonds. The minimum Gasteiger partial charge on any atom is -0.486 e. The van der Waals surface area contributed by atoms with Crippen LogP contribution in [-0.2, 0) is 11.2 Å². The highest BCUT2D eigenvalue weighted by molar-refractivity contribution is 7.13. The number of carbonyl (C=O) groups is 1. The monoisotopic (exact) mass is 413 g/mol. The van der Waals surface area contributed by atoms with E-state index in [2.05, 4.69) is 29.3 Å². The van der Waals surface area contributed by atoms with Gasteiger partial charge in [0.05, 0.1) is 10.9 Å². The van der Waals surface area contributed by atoms with Gasteiger partial charge in [-0.2, -0.15) is 4.98 Å². The second kappa shape index (κ2) is 8.65. The number of nitrogens with one attached hydrogen (secondary N) is 1. The number of nitrogens with zero attached hydrogens (tertiary/aromatic N) is 2. The van der Waals surface area contributed by atoms with E-state index in [9.17, 15) is 4.79 Å². The number of benzene rings is 1. The molecular weight excluding hydrogens is 390 g/mol. The minimum absolute atomic E-state index is 0.0607. The Morgan fingerprint density at radius 1 is 1.21 bits per heavy atom. The maximum absolute atomic E-state index is 12.6. The Kier molecular flexibility index (Phi) is 5.80. The maximum Gasteiger partial charge on any atom is 0.227 e. The van der Waals surface area contributed by atoms with Crippen LogP contribution in [0.3, 0.4) is 0 Å². The maximum atomic E-state index is 12.6. The zero-order valence-electron chi connectivity index (χ0n) is 16.4. The number of aryl methyl sites for hydroxylation is 1. The van der Waals surface area contributed by atoms with Gasteiger partial charge in [-0.05, 0) is 35.1 Å². The van der Waals surface area contributed by atoms with Crippen molar-refractivity contribution in [3.05, 3.63) is 47.2 Å². The van der Waals surface area contributed by atoms with Gasteiger partial charge in [0, 0.05) is 12.8 Å². The quantitative estimate of drug-likeness (QED) is 0.630. The number of thiophene rings is 1. The van der Waals surface area contributed by atoms with Gasteiger partial charge in [-0.25, -0.2) is 0 Å². The van der Waals surface area contributed by atoms with Crippen LogP contribution in [0.25, 0.3) is 10.7 Å². The fourth-order valence-electron chi connectivity index (χ4n) is 3.22. The molecule has 1 N–H and O–H groups in total. The van der Waals surface area contributed by atoms with Crippen molar-refractivity contribution in [2.45, 2.75) is 32.7 Å². The molecule has 29 heavy (non-hydrogen) atoms. The molecule has 7 nitrogen and oxygen atoms in total. The Morgan fingerprint density at radius 3 is 2.79 bits per heavy atom. The highest BCUT2D eigenvalue weighted by atomic mass is 32.1. The number of carbonyl (C=O) groups excluding carboxylic acids is 1. The van der Waals surface area contributed by atoms with Crippen LogP contribution in [0.2, 0.25) is 0 Å². The molecular formula is C21H23N3O4S. The second-order valence-electron chi connectivity index (χ2n) is 7.18. The average Bonchev–Trinajstić information content (AvgIpc) is 3.41. The van der Waals surface area contributed by atoms with Gasteiger partial charge in [-0.3, -0.25) is 4.79 Å². The van der Waals surface area contributed by atoms with Crippen molar-refractivity contribution in [1.29, 1.82) is 0 Å². The van der Waals surface area contributed by atoms with Crippen LogP contribution in [0.5, 0.6) is 11.5 Å². The lowest BCUT2D eigenvalue weighted by Crippen LogP contribution is -2.32. The zero-order valence-corrected chi connectivity index (χ0v) is 17.2. The van der Waals surface area contributed by atoms with Crippen molar-refractivity contribution in [1.82, 2.24) is 15.5 Å². The Balaban J connectivity index is 1.38. The van der Waals surface area contributed by atoms with Gasteiger partial charge >= 0.3 is 0 Å². The SMILES string of the molecule is CC(C)C(NC(=O)CCc1nc(-c2cccs2)no1)c1ccc2c(c1)OCCO2. The average molecular weight is 413 g/mol. The highest BCUT2D eigenvalue weighted by Crippen LogP contribution is 2.34. The molecule has 1 aliphatic rings. The number of hydrogen-bond donors (Lipinski definition) is 1. The molecule has 0 saturated carbocycles. The molecule has 4 rings (SSSR count). The van der Waals surface area contributed by atoms with Crippen LogP contribution < -0.4 is 14.8 Å².